The smallest absolute Gasteiger partial charge is 0.222 e. The summed E-state index contributed by atoms with van der Waals surface area (Å²) in [6, 6.07) is 6.03. The summed E-state index contributed by atoms with van der Waals surface area (Å²) in [4.78, 5) is 30.3. The summed E-state index contributed by atoms with van der Waals surface area (Å²) < 4.78 is 0. The largest absolute Gasteiger partial charge is 0.391 e. The van der Waals surface area contributed by atoms with Crippen LogP contribution in [0.3, 0.4) is 0 Å². The fourth-order valence-corrected chi connectivity index (χ4v) is 5.37. The highest BCUT2D eigenvalue weighted by molar-refractivity contribution is 8.76. The molecule has 1 fully saturated rings. The van der Waals surface area contributed by atoms with Gasteiger partial charge >= 0.3 is 0 Å². The van der Waals surface area contributed by atoms with Gasteiger partial charge in [0, 0.05) is 43.8 Å². The number of nitrogens with zero attached hydrogens (tertiary/aromatic N) is 2. The molecule has 28 heavy (non-hydrogen) atoms. The molecule has 0 aromatic carbocycles. The maximum atomic E-state index is 12.3. The zero-order valence-corrected chi connectivity index (χ0v) is 18.3. The van der Waals surface area contributed by atoms with Crippen LogP contribution in [0.15, 0.2) is 29.4 Å². The number of Topliss-reactive ketones (excluding diaryl/α,β-unsaturated/α-hetero) is 1. The van der Waals surface area contributed by atoms with Gasteiger partial charge < -0.3 is 10.0 Å². The van der Waals surface area contributed by atoms with E-state index in [9.17, 15) is 14.7 Å². The molecule has 1 N–H and O–H groups in total. The van der Waals surface area contributed by atoms with Crippen LogP contribution in [0.2, 0.25) is 0 Å². The molecule has 1 aliphatic rings. The van der Waals surface area contributed by atoms with Crippen molar-refractivity contribution < 1.29 is 14.7 Å². The number of unbranched alkanes of at least 4 members (excludes halogenated alkanes) is 3. The van der Waals surface area contributed by atoms with Gasteiger partial charge in [0.1, 0.15) is 10.8 Å². The van der Waals surface area contributed by atoms with Gasteiger partial charge in [0.25, 0.3) is 0 Å². The summed E-state index contributed by atoms with van der Waals surface area (Å²) in [5, 5.41) is 10.7. The molecule has 1 amide bonds. The van der Waals surface area contributed by atoms with Crippen molar-refractivity contribution in [1.82, 2.24) is 9.88 Å². The van der Waals surface area contributed by atoms with Crippen molar-refractivity contribution in [3.63, 3.8) is 0 Å². The van der Waals surface area contributed by atoms with Crippen LogP contribution in [0, 0.1) is 0 Å². The summed E-state index contributed by atoms with van der Waals surface area (Å²) in [6.07, 6.45) is 8.59. The molecule has 156 valence electrons. The highest BCUT2D eigenvalue weighted by Crippen LogP contribution is 2.29. The van der Waals surface area contributed by atoms with Crippen molar-refractivity contribution >= 4 is 33.3 Å². The molecule has 0 radical (unpaired) electrons. The third kappa shape index (κ3) is 8.53. The number of carbonyl (C=O) groups is 2. The van der Waals surface area contributed by atoms with Crippen molar-refractivity contribution in [3.8, 4) is 0 Å². The van der Waals surface area contributed by atoms with Crippen LogP contribution in [0.1, 0.15) is 64.7 Å². The molecule has 2 rings (SSSR count). The lowest BCUT2D eigenvalue weighted by atomic mass is 10.1. The molecule has 1 aromatic rings. The average molecular weight is 425 g/mol. The molecule has 7 heteroatoms. The predicted molar refractivity (Wildman–Crippen MR) is 116 cm³/mol. The summed E-state index contributed by atoms with van der Waals surface area (Å²) in [7, 11) is 3.29. The highest BCUT2D eigenvalue weighted by Gasteiger charge is 2.32. The maximum absolute atomic E-state index is 12.3. The minimum Gasteiger partial charge on any atom is -0.391 e. The van der Waals surface area contributed by atoms with Crippen LogP contribution in [0.5, 0.6) is 0 Å². The molecule has 0 aliphatic carbocycles. The molecular formula is C21H32N2O3S2. The Morgan fingerprint density at radius 3 is 2.68 bits per heavy atom. The van der Waals surface area contributed by atoms with E-state index >= 15 is 0 Å². The summed E-state index contributed by atoms with van der Waals surface area (Å²) in [5.41, 5.74) is 0. The normalized spacial score (nSPS) is 19.1. The minimum absolute atomic E-state index is 0.168. The number of pyridine rings is 1. The first-order valence-corrected chi connectivity index (χ1v) is 12.6. The number of aromatic nitrogens is 1. The summed E-state index contributed by atoms with van der Waals surface area (Å²) in [6.45, 7) is 2.55. The minimum atomic E-state index is -0.361. The summed E-state index contributed by atoms with van der Waals surface area (Å²) >= 11 is 0. The molecule has 2 heterocycles. The van der Waals surface area contributed by atoms with Gasteiger partial charge in [-0.3, -0.25) is 9.59 Å². The Morgan fingerprint density at radius 1 is 1.18 bits per heavy atom. The first-order valence-electron chi connectivity index (χ1n) is 10.3. The Labute approximate surface area is 176 Å². The van der Waals surface area contributed by atoms with Crippen LogP contribution >= 0.6 is 21.6 Å². The molecule has 0 unspecified atom stereocenters. The lowest BCUT2D eigenvalue weighted by Gasteiger charge is -2.23. The third-order valence-electron chi connectivity index (χ3n) is 5.03. The number of ketones is 1. The van der Waals surface area contributed by atoms with E-state index in [-0.39, 0.29) is 18.1 Å². The highest BCUT2D eigenvalue weighted by atomic mass is 33.1. The quantitative estimate of drug-likeness (QED) is 0.371. The van der Waals surface area contributed by atoms with Gasteiger partial charge in [0.2, 0.25) is 5.91 Å². The fraction of sp³-hybridized carbons (Fsp3) is 0.667. The van der Waals surface area contributed by atoms with Gasteiger partial charge in [-0.05, 0) is 48.6 Å². The molecule has 1 saturated heterocycles. The van der Waals surface area contributed by atoms with Crippen LogP contribution < -0.4 is 0 Å². The van der Waals surface area contributed by atoms with Crippen molar-refractivity contribution in [2.75, 3.05) is 12.3 Å². The Balaban J connectivity index is 1.45. The van der Waals surface area contributed by atoms with E-state index in [0.29, 0.717) is 38.0 Å². The van der Waals surface area contributed by atoms with E-state index in [4.69, 9.17) is 0 Å². The third-order valence-corrected chi connectivity index (χ3v) is 7.29. The Morgan fingerprint density at radius 2 is 1.96 bits per heavy atom. The standard InChI is InChI=1S/C21H32N2O3S2/c1-2-17-15-19(25)16-23(17)21(26)11-6-4-3-5-9-18(24)12-14-27-28-20-10-7-8-13-22-20/h7-8,10,13,17,19,25H,2-6,9,11-12,14-16H2,1H3/t17-,19-/m1/s1. The van der Waals surface area contributed by atoms with Crippen molar-refractivity contribution in [2.24, 2.45) is 0 Å². The van der Waals surface area contributed by atoms with E-state index < -0.39 is 0 Å². The van der Waals surface area contributed by atoms with E-state index in [1.165, 1.54) is 0 Å². The van der Waals surface area contributed by atoms with E-state index in [1.807, 2.05) is 23.1 Å². The average Bonchev–Trinajstić information content (AvgIpc) is 3.09. The molecule has 0 bridgehead atoms. The molecule has 1 aromatic heterocycles. The van der Waals surface area contributed by atoms with Crippen molar-refractivity contribution in [2.45, 2.75) is 81.9 Å². The molecule has 2 atom stereocenters. The Kier molecular flexibility index (Phi) is 11.0. The number of hydrogen-bond acceptors (Lipinski definition) is 6. The van der Waals surface area contributed by atoms with Gasteiger partial charge in [-0.25, -0.2) is 4.98 Å². The second-order valence-electron chi connectivity index (χ2n) is 7.27. The first-order chi connectivity index (χ1) is 13.6. The number of rotatable bonds is 13. The molecule has 0 saturated carbocycles. The lowest BCUT2D eigenvalue weighted by Crippen LogP contribution is -2.35. The van der Waals surface area contributed by atoms with Crippen molar-refractivity contribution in [3.05, 3.63) is 24.4 Å². The fourth-order valence-electron chi connectivity index (χ4n) is 3.46. The van der Waals surface area contributed by atoms with E-state index in [1.54, 1.807) is 27.8 Å². The SMILES string of the molecule is CC[C@@H]1C[C@@H](O)CN1C(=O)CCCCCCC(=O)CCSSc1ccccn1. The van der Waals surface area contributed by atoms with Gasteiger partial charge in [-0.1, -0.05) is 36.6 Å². The number of aliphatic hydroxyl groups is 1. The Hall–Kier alpha value is -1.05. The number of amides is 1. The van der Waals surface area contributed by atoms with Crippen LogP contribution in [-0.4, -0.2) is 51.1 Å². The van der Waals surface area contributed by atoms with Gasteiger partial charge in [-0.15, -0.1) is 0 Å². The number of aliphatic hydroxyl groups excluding tert-OH is 1. The van der Waals surface area contributed by atoms with Gasteiger partial charge in [0.15, 0.2) is 0 Å². The molecular weight excluding hydrogens is 392 g/mol. The lowest BCUT2D eigenvalue weighted by molar-refractivity contribution is -0.132. The van der Waals surface area contributed by atoms with Crippen LogP contribution in [0.25, 0.3) is 0 Å². The van der Waals surface area contributed by atoms with E-state index in [0.717, 1.165) is 42.9 Å². The van der Waals surface area contributed by atoms with Crippen LogP contribution in [-0.2, 0) is 9.59 Å². The molecule has 0 spiro atoms. The number of hydrogen-bond donors (Lipinski definition) is 1. The predicted octanol–water partition coefficient (Wildman–Crippen LogP) is 4.49. The zero-order chi connectivity index (χ0) is 20.2. The first kappa shape index (κ1) is 23.2. The molecule has 1 aliphatic heterocycles. The van der Waals surface area contributed by atoms with E-state index in [2.05, 4.69) is 11.9 Å². The van der Waals surface area contributed by atoms with Crippen molar-refractivity contribution in [1.29, 1.82) is 0 Å². The summed E-state index contributed by atoms with van der Waals surface area (Å²) in [5.74, 6) is 1.30. The molecule has 5 nitrogen and oxygen atoms in total. The van der Waals surface area contributed by atoms with Gasteiger partial charge in [0.05, 0.1) is 6.10 Å². The Bertz CT molecular complexity index is 601. The zero-order valence-electron chi connectivity index (χ0n) is 16.7. The van der Waals surface area contributed by atoms with Crippen LogP contribution in [0.4, 0.5) is 0 Å². The number of carbonyl (C=O) groups excluding carboxylic acids is 2. The maximum Gasteiger partial charge on any atom is 0.222 e. The second-order valence-corrected chi connectivity index (χ2v) is 9.71. The number of β-amino-alcohol motifs (C(OH)–C–C–N with tert-alkyl or cyclic N) is 1. The topological polar surface area (TPSA) is 70.5 Å². The number of likely N-dealkylation sites (tertiary alicyclic amines) is 1. The van der Waals surface area contributed by atoms with Gasteiger partial charge in [-0.2, -0.15) is 0 Å². The second kappa shape index (κ2) is 13.2. The monoisotopic (exact) mass is 424 g/mol.